The summed E-state index contributed by atoms with van der Waals surface area (Å²) in [6, 6.07) is 13.0. The fraction of sp³-hybridized carbons (Fsp3) is 0.500. The number of ether oxygens (including phenoxy) is 2. The Morgan fingerprint density at radius 3 is 2.40 bits per heavy atom. The quantitative estimate of drug-likeness (QED) is 0.509. The first-order valence-electron chi connectivity index (χ1n) is 12.8. The van der Waals surface area contributed by atoms with E-state index in [1.807, 2.05) is 49.4 Å². The number of aryl methyl sites for hydroxylation is 1. The maximum atomic E-state index is 13.5. The molecule has 1 aliphatic carbocycles. The van der Waals surface area contributed by atoms with Crippen LogP contribution in [-0.2, 0) is 22.6 Å². The van der Waals surface area contributed by atoms with Crippen molar-refractivity contribution in [3.8, 4) is 11.5 Å². The Kier molecular flexibility index (Phi) is 8.91. The topological polar surface area (TPSA) is 67.9 Å². The van der Waals surface area contributed by atoms with Crippen LogP contribution in [0, 0.1) is 0 Å². The number of rotatable bonds is 9. The van der Waals surface area contributed by atoms with Crippen LogP contribution in [0.4, 0.5) is 0 Å². The van der Waals surface area contributed by atoms with E-state index in [1.165, 1.54) is 6.42 Å². The van der Waals surface area contributed by atoms with Crippen molar-refractivity contribution in [1.82, 2.24) is 10.2 Å². The van der Waals surface area contributed by atoms with Gasteiger partial charge < -0.3 is 19.7 Å². The summed E-state index contributed by atoms with van der Waals surface area (Å²) in [5.41, 5.74) is 1.96. The number of fused-ring (bicyclic) bond motifs is 1. The predicted octanol–water partition coefficient (Wildman–Crippen LogP) is 5.30. The van der Waals surface area contributed by atoms with Crippen molar-refractivity contribution in [2.75, 3.05) is 13.2 Å². The normalized spacial score (nSPS) is 16.4. The van der Waals surface area contributed by atoms with Crippen molar-refractivity contribution in [1.29, 1.82) is 0 Å². The highest BCUT2D eigenvalue weighted by Crippen LogP contribution is 2.31. The number of benzene rings is 2. The van der Waals surface area contributed by atoms with Crippen molar-refractivity contribution in [2.24, 2.45) is 0 Å². The molecular weight excluding hydrogens is 464 g/mol. The van der Waals surface area contributed by atoms with E-state index in [9.17, 15) is 9.59 Å². The number of halogens is 1. The second-order valence-corrected chi connectivity index (χ2v) is 9.83. The van der Waals surface area contributed by atoms with Crippen LogP contribution in [0.25, 0.3) is 0 Å². The van der Waals surface area contributed by atoms with Crippen LogP contribution in [0.2, 0.25) is 5.02 Å². The van der Waals surface area contributed by atoms with Crippen LogP contribution < -0.4 is 14.8 Å². The molecule has 0 saturated heterocycles. The summed E-state index contributed by atoms with van der Waals surface area (Å²) in [5.74, 6) is 1.36. The second kappa shape index (κ2) is 12.3. The Morgan fingerprint density at radius 2 is 1.69 bits per heavy atom. The lowest BCUT2D eigenvalue weighted by Crippen LogP contribution is -2.51. The summed E-state index contributed by atoms with van der Waals surface area (Å²) in [6.45, 7) is 3.41. The van der Waals surface area contributed by atoms with E-state index < -0.39 is 6.04 Å². The Bertz CT molecular complexity index is 1000. The van der Waals surface area contributed by atoms with Gasteiger partial charge in [0, 0.05) is 24.0 Å². The number of nitrogens with one attached hydrogen (secondary N) is 1. The number of carbonyl (C=O) groups is 2. The third-order valence-corrected chi connectivity index (χ3v) is 7.09. The minimum Gasteiger partial charge on any atom is -0.486 e. The molecule has 2 aliphatic rings. The highest BCUT2D eigenvalue weighted by molar-refractivity contribution is 6.30. The zero-order valence-electron chi connectivity index (χ0n) is 20.4. The Hall–Kier alpha value is -2.73. The van der Waals surface area contributed by atoms with Crippen molar-refractivity contribution >= 4 is 23.4 Å². The van der Waals surface area contributed by atoms with Gasteiger partial charge in [0.05, 0.1) is 0 Å². The van der Waals surface area contributed by atoms with Crippen molar-refractivity contribution in [3.63, 3.8) is 0 Å². The van der Waals surface area contributed by atoms with E-state index in [4.69, 9.17) is 21.1 Å². The monoisotopic (exact) mass is 498 g/mol. The van der Waals surface area contributed by atoms with Crippen LogP contribution >= 0.6 is 11.6 Å². The van der Waals surface area contributed by atoms with Crippen LogP contribution in [0.15, 0.2) is 42.5 Å². The Morgan fingerprint density at radius 1 is 1.00 bits per heavy atom. The molecular formula is C28H35ClN2O4. The van der Waals surface area contributed by atoms with Gasteiger partial charge in [-0.15, -0.1) is 0 Å². The Balaban J connectivity index is 1.47. The maximum Gasteiger partial charge on any atom is 0.243 e. The molecule has 1 fully saturated rings. The minimum atomic E-state index is -0.514. The molecule has 2 aromatic carbocycles. The van der Waals surface area contributed by atoms with E-state index in [0.717, 1.165) is 48.3 Å². The van der Waals surface area contributed by atoms with Gasteiger partial charge in [0.15, 0.2) is 11.5 Å². The fourth-order valence-corrected chi connectivity index (χ4v) is 5.01. The molecule has 0 bridgehead atoms. The van der Waals surface area contributed by atoms with Crippen molar-refractivity contribution in [2.45, 2.75) is 76.9 Å². The van der Waals surface area contributed by atoms with E-state index in [0.29, 0.717) is 44.0 Å². The van der Waals surface area contributed by atoms with Crippen LogP contribution in [0.1, 0.15) is 63.0 Å². The summed E-state index contributed by atoms with van der Waals surface area (Å²) in [5, 5.41) is 3.87. The molecule has 0 aromatic heterocycles. The van der Waals surface area contributed by atoms with Gasteiger partial charge in [0.25, 0.3) is 0 Å². The zero-order chi connectivity index (χ0) is 24.6. The fourth-order valence-electron chi connectivity index (χ4n) is 4.89. The first kappa shape index (κ1) is 25.4. The number of hydrogen-bond acceptors (Lipinski definition) is 4. The van der Waals surface area contributed by atoms with Gasteiger partial charge in [0.1, 0.15) is 19.3 Å². The SMILES string of the molecule is CC[C@@H](C(=O)NC1CCCCC1)N(Cc1ccc(Cl)cc1)C(=O)CCc1ccc2c(c1)OCCO2. The predicted molar refractivity (Wildman–Crippen MR) is 137 cm³/mol. The van der Waals surface area contributed by atoms with Crippen molar-refractivity contribution in [3.05, 3.63) is 58.6 Å². The molecule has 0 radical (unpaired) electrons. The minimum absolute atomic E-state index is 0.0412. The van der Waals surface area contributed by atoms with Crippen LogP contribution in [-0.4, -0.2) is 42.0 Å². The molecule has 2 amide bonds. The number of hydrogen-bond donors (Lipinski definition) is 1. The molecule has 0 unspecified atom stereocenters. The maximum absolute atomic E-state index is 13.5. The number of carbonyl (C=O) groups excluding carboxylic acids is 2. The zero-order valence-corrected chi connectivity index (χ0v) is 21.2. The molecule has 4 rings (SSSR count). The van der Waals surface area contributed by atoms with Crippen LogP contribution in [0.5, 0.6) is 11.5 Å². The highest BCUT2D eigenvalue weighted by atomic mass is 35.5. The van der Waals surface area contributed by atoms with E-state index in [2.05, 4.69) is 5.32 Å². The average molecular weight is 499 g/mol. The molecule has 1 heterocycles. The van der Waals surface area contributed by atoms with Crippen molar-refractivity contribution < 1.29 is 19.1 Å². The smallest absolute Gasteiger partial charge is 0.243 e. The number of nitrogens with zero attached hydrogens (tertiary/aromatic N) is 1. The lowest BCUT2D eigenvalue weighted by Gasteiger charge is -2.33. The second-order valence-electron chi connectivity index (χ2n) is 9.39. The van der Waals surface area contributed by atoms with E-state index in [-0.39, 0.29) is 17.9 Å². The first-order chi connectivity index (χ1) is 17.0. The van der Waals surface area contributed by atoms with Gasteiger partial charge in [-0.05, 0) is 61.1 Å². The van der Waals surface area contributed by atoms with E-state index >= 15 is 0 Å². The highest BCUT2D eigenvalue weighted by Gasteiger charge is 2.30. The third-order valence-electron chi connectivity index (χ3n) is 6.84. The summed E-state index contributed by atoms with van der Waals surface area (Å²) in [6.07, 6.45) is 6.96. The van der Waals surface area contributed by atoms with Gasteiger partial charge in [-0.2, -0.15) is 0 Å². The molecule has 1 atom stereocenters. The lowest BCUT2D eigenvalue weighted by molar-refractivity contribution is -0.141. The molecule has 188 valence electrons. The standard InChI is InChI=1S/C28H35ClN2O4/c1-2-24(28(33)30-23-6-4-3-5-7-23)31(19-21-8-12-22(29)13-9-21)27(32)15-11-20-10-14-25-26(18-20)35-17-16-34-25/h8-10,12-14,18,23-24H,2-7,11,15-17,19H2,1H3,(H,30,33)/t24-/m0/s1. The first-order valence-corrected chi connectivity index (χ1v) is 13.1. The Labute approximate surface area is 212 Å². The van der Waals surface area contributed by atoms with Gasteiger partial charge >= 0.3 is 0 Å². The molecule has 35 heavy (non-hydrogen) atoms. The molecule has 6 nitrogen and oxygen atoms in total. The molecule has 2 aromatic rings. The molecule has 0 spiro atoms. The molecule has 7 heteroatoms. The molecule has 1 saturated carbocycles. The van der Waals surface area contributed by atoms with E-state index in [1.54, 1.807) is 4.90 Å². The summed E-state index contributed by atoms with van der Waals surface area (Å²) >= 11 is 6.06. The largest absolute Gasteiger partial charge is 0.486 e. The molecule has 1 aliphatic heterocycles. The third kappa shape index (κ3) is 6.91. The van der Waals surface area contributed by atoms with Gasteiger partial charge in [-0.25, -0.2) is 0 Å². The van der Waals surface area contributed by atoms with Crippen LogP contribution in [0.3, 0.4) is 0 Å². The van der Waals surface area contributed by atoms with Gasteiger partial charge in [-0.1, -0.05) is 56.0 Å². The average Bonchev–Trinajstić information content (AvgIpc) is 2.88. The molecule has 1 N–H and O–H groups in total. The summed E-state index contributed by atoms with van der Waals surface area (Å²) in [4.78, 5) is 28.6. The van der Waals surface area contributed by atoms with Gasteiger partial charge in [0.2, 0.25) is 11.8 Å². The summed E-state index contributed by atoms with van der Waals surface area (Å²) in [7, 11) is 0. The lowest BCUT2D eigenvalue weighted by atomic mass is 9.95. The van der Waals surface area contributed by atoms with Gasteiger partial charge in [-0.3, -0.25) is 9.59 Å². The summed E-state index contributed by atoms with van der Waals surface area (Å²) < 4.78 is 11.3. The number of amides is 2.